The zero-order chi connectivity index (χ0) is 23.6. The van der Waals surface area contributed by atoms with Gasteiger partial charge in [0.15, 0.2) is 5.13 Å². The molecule has 3 aromatic rings. The van der Waals surface area contributed by atoms with Crippen LogP contribution in [0.5, 0.6) is 0 Å². The van der Waals surface area contributed by atoms with E-state index in [1.54, 1.807) is 12.1 Å². The minimum atomic E-state index is -0.761. The number of hydrogen-bond donors (Lipinski definition) is 0. The molecule has 0 saturated carbocycles. The minimum Gasteiger partial charge on any atom is -0.309 e. The van der Waals surface area contributed by atoms with Crippen LogP contribution < -0.4 is 4.90 Å². The number of nitro groups is 2. The fourth-order valence-electron chi connectivity index (χ4n) is 3.17. The third-order valence-corrected chi connectivity index (χ3v) is 5.92. The van der Waals surface area contributed by atoms with Gasteiger partial charge in [-0.05, 0) is 51.7 Å². The molecule has 0 aliphatic heterocycles. The summed E-state index contributed by atoms with van der Waals surface area (Å²) in [5.74, 6) is -0.599. The van der Waals surface area contributed by atoms with Crippen LogP contribution in [-0.4, -0.2) is 52.8 Å². The Labute approximate surface area is 204 Å². The van der Waals surface area contributed by atoms with E-state index in [1.807, 2.05) is 25.9 Å². The largest absolute Gasteiger partial charge is 0.309 e. The van der Waals surface area contributed by atoms with Crippen molar-refractivity contribution < 1.29 is 14.6 Å². The third-order valence-electron chi connectivity index (χ3n) is 4.67. The molecular weight excluding hydrogens is 493 g/mol. The van der Waals surface area contributed by atoms with E-state index < -0.39 is 27.1 Å². The number of aryl methyl sites for hydroxylation is 1. The third kappa shape index (κ3) is 6.14. The van der Waals surface area contributed by atoms with Gasteiger partial charge in [0, 0.05) is 23.7 Å². The second-order valence-electron chi connectivity index (χ2n) is 7.43. The number of nitrogens with zero attached hydrogens (tertiary/aromatic N) is 5. The monoisotopic (exact) mass is 513 g/mol. The van der Waals surface area contributed by atoms with Gasteiger partial charge < -0.3 is 4.90 Å². The maximum Gasteiger partial charge on any atom is 0.277 e. The van der Waals surface area contributed by atoms with Crippen molar-refractivity contribution in [2.24, 2.45) is 0 Å². The number of halogens is 2. The number of carbonyl (C=O) groups excluding carboxylic acids is 1. The molecule has 1 aromatic heterocycles. The van der Waals surface area contributed by atoms with Gasteiger partial charge in [0.2, 0.25) is 0 Å². The molecule has 0 fully saturated rings. The Hall–Kier alpha value is -2.86. The maximum atomic E-state index is 13.4. The quantitative estimate of drug-likeness (QED) is 0.303. The van der Waals surface area contributed by atoms with Crippen LogP contribution >= 0.6 is 35.3 Å². The van der Waals surface area contributed by atoms with Crippen molar-refractivity contribution in [2.75, 3.05) is 32.1 Å². The Bertz CT molecular complexity index is 1180. The highest BCUT2D eigenvalue weighted by Crippen LogP contribution is 2.34. The topological polar surface area (TPSA) is 123 Å². The van der Waals surface area contributed by atoms with Gasteiger partial charge in [0.1, 0.15) is 0 Å². The summed E-state index contributed by atoms with van der Waals surface area (Å²) in [5, 5.41) is 23.4. The number of thiazole rings is 1. The molecule has 0 saturated heterocycles. The summed E-state index contributed by atoms with van der Waals surface area (Å²) in [6.45, 7) is 2.83. The predicted octanol–water partition coefficient (Wildman–Crippen LogP) is 5.09. The van der Waals surface area contributed by atoms with E-state index in [1.165, 1.54) is 16.2 Å². The first-order chi connectivity index (χ1) is 15.1. The molecular formula is C20H21Cl2N5O5S. The number of aromatic nitrogens is 1. The number of fused-ring (bicyclic) bond motifs is 1. The van der Waals surface area contributed by atoms with Crippen molar-refractivity contribution in [1.82, 2.24) is 9.88 Å². The molecule has 1 heterocycles. The number of non-ortho nitro benzene ring substituents is 2. The summed E-state index contributed by atoms with van der Waals surface area (Å²) in [4.78, 5) is 42.4. The van der Waals surface area contributed by atoms with E-state index in [0.29, 0.717) is 28.6 Å². The molecule has 13 heteroatoms. The van der Waals surface area contributed by atoms with Gasteiger partial charge in [-0.1, -0.05) is 22.9 Å². The molecule has 0 atom stereocenters. The van der Waals surface area contributed by atoms with Crippen molar-refractivity contribution in [3.63, 3.8) is 0 Å². The van der Waals surface area contributed by atoms with Gasteiger partial charge in [0.05, 0.1) is 31.7 Å². The first-order valence-electron chi connectivity index (χ1n) is 9.54. The van der Waals surface area contributed by atoms with Gasteiger partial charge >= 0.3 is 0 Å². The van der Waals surface area contributed by atoms with Crippen LogP contribution in [0.4, 0.5) is 16.5 Å². The molecule has 0 spiro atoms. The normalized spacial score (nSPS) is 10.8. The summed E-state index contributed by atoms with van der Waals surface area (Å²) < 4.78 is 0.792. The van der Waals surface area contributed by atoms with Gasteiger partial charge in [-0.25, -0.2) is 4.98 Å². The smallest absolute Gasteiger partial charge is 0.277 e. The van der Waals surface area contributed by atoms with Gasteiger partial charge in [-0.15, -0.1) is 12.4 Å². The van der Waals surface area contributed by atoms with Crippen LogP contribution in [0.25, 0.3) is 10.2 Å². The van der Waals surface area contributed by atoms with Gasteiger partial charge in [-0.2, -0.15) is 0 Å². The number of amides is 1. The summed E-state index contributed by atoms with van der Waals surface area (Å²) in [6, 6.07) is 6.45. The zero-order valence-corrected chi connectivity index (χ0v) is 20.4. The van der Waals surface area contributed by atoms with Gasteiger partial charge in [0.25, 0.3) is 17.3 Å². The van der Waals surface area contributed by atoms with Gasteiger partial charge in [-0.3, -0.25) is 29.9 Å². The summed E-state index contributed by atoms with van der Waals surface area (Å²) in [7, 11) is 3.80. The summed E-state index contributed by atoms with van der Waals surface area (Å²) >= 11 is 7.41. The average Bonchev–Trinajstić information content (AvgIpc) is 3.14. The second kappa shape index (κ2) is 10.8. The zero-order valence-electron chi connectivity index (χ0n) is 18.0. The Kier molecular flexibility index (Phi) is 8.67. The Balaban J connectivity index is 0.00000385. The minimum absolute atomic E-state index is 0. The van der Waals surface area contributed by atoms with E-state index >= 15 is 0 Å². The average molecular weight is 514 g/mol. The number of rotatable bonds is 8. The molecule has 0 unspecified atom stereocenters. The van der Waals surface area contributed by atoms with Crippen LogP contribution in [0.2, 0.25) is 5.02 Å². The molecule has 3 rings (SSSR count). The van der Waals surface area contributed by atoms with Crippen molar-refractivity contribution >= 4 is 68.0 Å². The lowest BCUT2D eigenvalue weighted by atomic mass is 10.1. The molecule has 176 valence electrons. The SMILES string of the molecule is Cc1cc(Cl)cc2sc(N(CCCN(C)C)C(=O)c3cc([N+](=O)[O-])cc([N+](=O)[O-])c3)nc12.Cl. The lowest BCUT2D eigenvalue weighted by molar-refractivity contribution is -0.394. The van der Waals surface area contributed by atoms with E-state index in [0.717, 1.165) is 28.5 Å². The number of anilines is 1. The lowest BCUT2D eigenvalue weighted by Gasteiger charge is -2.21. The molecule has 1 amide bonds. The summed E-state index contributed by atoms with van der Waals surface area (Å²) in [5.41, 5.74) is 0.349. The van der Waals surface area contributed by atoms with Crippen LogP contribution in [-0.2, 0) is 0 Å². The predicted molar refractivity (Wildman–Crippen MR) is 131 cm³/mol. The van der Waals surface area contributed by atoms with Crippen molar-refractivity contribution in [2.45, 2.75) is 13.3 Å². The Morgan fingerprint density at radius 3 is 2.21 bits per heavy atom. The molecule has 10 nitrogen and oxygen atoms in total. The molecule has 2 aromatic carbocycles. The highest BCUT2D eigenvalue weighted by atomic mass is 35.5. The number of nitro benzene ring substituents is 2. The molecule has 0 bridgehead atoms. The first kappa shape index (κ1) is 26.4. The van der Waals surface area contributed by atoms with Crippen molar-refractivity contribution in [1.29, 1.82) is 0 Å². The lowest BCUT2D eigenvalue weighted by Crippen LogP contribution is -2.33. The van der Waals surface area contributed by atoms with Crippen molar-refractivity contribution in [3.05, 3.63) is 66.7 Å². The van der Waals surface area contributed by atoms with Crippen LogP contribution in [0.15, 0.2) is 30.3 Å². The number of hydrogen-bond acceptors (Lipinski definition) is 8. The van der Waals surface area contributed by atoms with Crippen molar-refractivity contribution in [3.8, 4) is 0 Å². The fraction of sp³-hybridized carbons (Fsp3) is 0.300. The molecule has 0 radical (unpaired) electrons. The highest BCUT2D eigenvalue weighted by molar-refractivity contribution is 7.22. The summed E-state index contributed by atoms with van der Waals surface area (Å²) in [6.07, 6.45) is 0.603. The van der Waals surface area contributed by atoms with Crippen LogP contribution in [0.1, 0.15) is 22.3 Å². The Morgan fingerprint density at radius 2 is 1.67 bits per heavy atom. The van der Waals surface area contributed by atoms with E-state index in [-0.39, 0.29) is 24.5 Å². The number of benzene rings is 2. The molecule has 33 heavy (non-hydrogen) atoms. The molecule has 0 aliphatic rings. The first-order valence-corrected chi connectivity index (χ1v) is 10.7. The molecule has 0 N–H and O–H groups in total. The molecule has 0 aliphatic carbocycles. The van der Waals surface area contributed by atoms with E-state index in [4.69, 9.17) is 11.6 Å². The Morgan fingerprint density at radius 1 is 1.06 bits per heavy atom. The second-order valence-corrected chi connectivity index (χ2v) is 8.88. The highest BCUT2D eigenvalue weighted by Gasteiger charge is 2.26. The van der Waals surface area contributed by atoms with E-state index in [9.17, 15) is 25.0 Å². The van der Waals surface area contributed by atoms with E-state index in [2.05, 4.69) is 4.98 Å². The van der Waals surface area contributed by atoms with Crippen LogP contribution in [0, 0.1) is 27.2 Å². The van der Waals surface area contributed by atoms with Crippen LogP contribution in [0.3, 0.4) is 0 Å². The standard InChI is InChI=1S/C20H20ClN5O5S.ClH/c1-12-7-14(21)10-17-18(12)22-20(32-17)24(6-4-5-23(2)3)19(27)13-8-15(25(28)29)11-16(9-13)26(30)31;/h7-11H,4-6H2,1-3H3;1H. The number of carbonyl (C=O) groups is 1. The maximum absolute atomic E-state index is 13.4. The fourth-order valence-corrected chi connectivity index (χ4v) is 4.62.